The maximum atomic E-state index is 12.9. The van der Waals surface area contributed by atoms with E-state index in [-0.39, 0.29) is 5.91 Å². The summed E-state index contributed by atoms with van der Waals surface area (Å²) in [5.41, 5.74) is 11.6. The molecule has 156 valence electrons. The number of carbonyl (C=O) groups is 1. The topological polar surface area (TPSA) is 83.6 Å². The van der Waals surface area contributed by atoms with E-state index in [4.69, 9.17) is 10.7 Å². The Morgan fingerprint density at radius 3 is 2.65 bits per heavy atom. The number of nitrogens with two attached hydrogens (primary N) is 1. The van der Waals surface area contributed by atoms with Crippen LogP contribution in [-0.4, -0.2) is 34.6 Å². The van der Waals surface area contributed by atoms with E-state index < -0.39 is 5.92 Å². The van der Waals surface area contributed by atoms with Crippen molar-refractivity contribution in [2.24, 2.45) is 4.99 Å². The zero-order valence-electron chi connectivity index (χ0n) is 17.3. The summed E-state index contributed by atoms with van der Waals surface area (Å²) >= 11 is 0. The Morgan fingerprint density at radius 2 is 1.90 bits per heavy atom. The highest BCUT2D eigenvalue weighted by Gasteiger charge is 2.35. The lowest BCUT2D eigenvalue weighted by atomic mass is 9.90. The molecular formula is C25H25N5O. The minimum atomic E-state index is -0.498. The van der Waals surface area contributed by atoms with Gasteiger partial charge in [-0.05, 0) is 61.3 Å². The molecule has 0 radical (unpaired) electrons. The number of benzene rings is 2. The molecular weight excluding hydrogens is 386 g/mol. The lowest BCUT2D eigenvalue weighted by Crippen LogP contribution is -2.22. The molecule has 1 atom stereocenters. The molecule has 0 spiro atoms. The number of carbonyl (C=O) groups excluding carboxylic acids is 1. The van der Waals surface area contributed by atoms with Gasteiger partial charge in [0.2, 0.25) is 5.91 Å². The monoisotopic (exact) mass is 411 g/mol. The van der Waals surface area contributed by atoms with Gasteiger partial charge >= 0.3 is 0 Å². The summed E-state index contributed by atoms with van der Waals surface area (Å²) in [6.07, 6.45) is 4.32. The smallest absolute Gasteiger partial charge is 0.238 e. The first-order chi connectivity index (χ1) is 15.2. The third-order valence-electron chi connectivity index (χ3n) is 5.89. The zero-order chi connectivity index (χ0) is 21.2. The van der Waals surface area contributed by atoms with Crippen LogP contribution in [-0.2, 0) is 11.3 Å². The predicted molar refractivity (Wildman–Crippen MR) is 124 cm³/mol. The highest BCUT2D eigenvalue weighted by atomic mass is 16.2. The maximum Gasteiger partial charge on any atom is 0.238 e. The highest BCUT2D eigenvalue weighted by Crippen LogP contribution is 2.37. The number of aromatic nitrogens is 1. The van der Waals surface area contributed by atoms with Gasteiger partial charge < -0.3 is 11.1 Å². The fraction of sp³-hybridized carbons (Fsp3) is 0.240. The fourth-order valence-corrected chi connectivity index (χ4v) is 4.34. The van der Waals surface area contributed by atoms with Crippen molar-refractivity contribution in [2.45, 2.75) is 25.3 Å². The second-order valence-electron chi connectivity index (χ2n) is 8.12. The molecule has 2 aromatic carbocycles. The van der Waals surface area contributed by atoms with Crippen LogP contribution in [0.5, 0.6) is 0 Å². The summed E-state index contributed by atoms with van der Waals surface area (Å²) in [5, 5.41) is 2.95. The molecule has 3 aromatic rings. The minimum absolute atomic E-state index is 0.0955. The number of hydrogen-bond donors (Lipinski definition) is 2. The van der Waals surface area contributed by atoms with Crippen molar-refractivity contribution in [1.29, 1.82) is 0 Å². The second-order valence-corrected chi connectivity index (χ2v) is 8.12. The number of likely N-dealkylation sites (tertiary alicyclic amines) is 1. The average molecular weight is 412 g/mol. The van der Waals surface area contributed by atoms with Crippen molar-refractivity contribution in [3.63, 3.8) is 0 Å². The molecule has 3 heterocycles. The van der Waals surface area contributed by atoms with Crippen LogP contribution in [0.25, 0.3) is 0 Å². The van der Waals surface area contributed by atoms with Crippen LogP contribution in [0.4, 0.5) is 17.1 Å². The SMILES string of the molecule is Nc1ccc2c(c1)NC(=O)C2C(=Nc1ccc(CN2CCCC2)nc1)c1ccccc1. The standard InChI is InChI=1S/C25H25N5O/c26-18-8-11-21-22(14-18)29-25(31)23(21)24(17-6-2-1-3-7-17)28-19-9-10-20(27-15-19)16-30-12-4-5-13-30/h1-3,6-11,14-15,23H,4-5,12-13,16,26H2,(H,29,31). The van der Waals surface area contributed by atoms with Crippen LogP contribution in [0.1, 0.15) is 35.6 Å². The normalized spacial score (nSPS) is 18.8. The molecule has 1 saturated heterocycles. The van der Waals surface area contributed by atoms with Crippen LogP contribution < -0.4 is 11.1 Å². The molecule has 5 rings (SSSR count). The van der Waals surface area contributed by atoms with Crippen molar-refractivity contribution in [1.82, 2.24) is 9.88 Å². The summed E-state index contributed by atoms with van der Waals surface area (Å²) < 4.78 is 0. The first kappa shape index (κ1) is 19.5. The fourth-order valence-electron chi connectivity index (χ4n) is 4.34. The predicted octanol–water partition coefficient (Wildman–Crippen LogP) is 4.12. The highest BCUT2D eigenvalue weighted by molar-refractivity contribution is 6.24. The first-order valence-electron chi connectivity index (χ1n) is 10.7. The number of anilines is 2. The summed E-state index contributed by atoms with van der Waals surface area (Å²) in [4.78, 5) is 24.9. The van der Waals surface area contributed by atoms with Crippen LogP contribution in [0.3, 0.4) is 0 Å². The Labute approximate surface area is 181 Å². The Morgan fingerprint density at radius 1 is 1.10 bits per heavy atom. The first-order valence-corrected chi connectivity index (χ1v) is 10.7. The van der Waals surface area contributed by atoms with E-state index in [1.54, 1.807) is 12.3 Å². The number of nitrogens with zero attached hydrogens (tertiary/aromatic N) is 3. The van der Waals surface area contributed by atoms with Crippen LogP contribution in [0, 0.1) is 0 Å². The molecule has 1 fully saturated rings. The zero-order valence-corrected chi connectivity index (χ0v) is 17.3. The number of fused-ring (bicyclic) bond motifs is 1. The number of amides is 1. The minimum Gasteiger partial charge on any atom is -0.399 e. The van der Waals surface area contributed by atoms with E-state index in [9.17, 15) is 4.79 Å². The van der Waals surface area contributed by atoms with Crippen molar-refractivity contribution in [2.75, 3.05) is 24.1 Å². The van der Waals surface area contributed by atoms with Gasteiger partial charge in [0.1, 0.15) is 5.92 Å². The van der Waals surface area contributed by atoms with Gasteiger partial charge in [-0.2, -0.15) is 0 Å². The molecule has 0 bridgehead atoms. The molecule has 6 nitrogen and oxygen atoms in total. The van der Waals surface area contributed by atoms with Crippen molar-refractivity contribution < 1.29 is 4.79 Å². The number of rotatable bonds is 5. The van der Waals surface area contributed by atoms with E-state index in [0.717, 1.165) is 47.8 Å². The van der Waals surface area contributed by atoms with Gasteiger partial charge in [-0.25, -0.2) is 0 Å². The molecule has 31 heavy (non-hydrogen) atoms. The summed E-state index contributed by atoms with van der Waals surface area (Å²) in [5.74, 6) is -0.593. The molecule has 6 heteroatoms. The molecule has 0 aliphatic carbocycles. The van der Waals surface area contributed by atoms with E-state index in [1.165, 1.54) is 12.8 Å². The quantitative estimate of drug-likeness (QED) is 0.489. The average Bonchev–Trinajstić information content (AvgIpc) is 3.40. The third-order valence-corrected chi connectivity index (χ3v) is 5.89. The van der Waals surface area contributed by atoms with E-state index in [1.807, 2.05) is 54.6 Å². The van der Waals surface area contributed by atoms with Crippen molar-refractivity contribution in [3.05, 3.63) is 83.7 Å². The molecule has 1 aromatic heterocycles. The van der Waals surface area contributed by atoms with Gasteiger partial charge in [-0.15, -0.1) is 0 Å². The lowest BCUT2D eigenvalue weighted by molar-refractivity contribution is -0.115. The van der Waals surface area contributed by atoms with Crippen LogP contribution >= 0.6 is 0 Å². The number of hydrogen-bond acceptors (Lipinski definition) is 5. The van der Waals surface area contributed by atoms with Crippen molar-refractivity contribution >= 4 is 28.7 Å². The lowest BCUT2D eigenvalue weighted by Gasteiger charge is -2.15. The van der Waals surface area contributed by atoms with Crippen LogP contribution in [0.15, 0.2) is 71.9 Å². The largest absolute Gasteiger partial charge is 0.399 e. The van der Waals surface area contributed by atoms with Gasteiger partial charge in [0.15, 0.2) is 0 Å². The van der Waals surface area contributed by atoms with E-state index >= 15 is 0 Å². The van der Waals surface area contributed by atoms with E-state index in [0.29, 0.717) is 11.4 Å². The Bertz CT molecular complexity index is 1120. The summed E-state index contributed by atoms with van der Waals surface area (Å²) in [7, 11) is 0. The number of nitrogen functional groups attached to an aromatic ring is 1. The van der Waals surface area contributed by atoms with Crippen molar-refractivity contribution in [3.8, 4) is 0 Å². The van der Waals surface area contributed by atoms with Gasteiger partial charge in [0.05, 0.1) is 23.3 Å². The Hall–Kier alpha value is -3.51. The molecule has 1 unspecified atom stereocenters. The molecule has 1 amide bonds. The number of nitrogens with one attached hydrogen (secondary N) is 1. The van der Waals surface area contributed by atoms with E-state index in [2.05, 4.69) is 15.2 Å². The van der Waals surface area contributed by atoms with Gasteiger partial charge in [0, 0.05) is 17.9 Å². The third kappa shape index (κ3) is 4.07. The molecule has 2 aliphatic rings. The summed E-state index contributed by atoms with van der Waals surface area (Å²) in [6, 6.07) is 19.4. The number of aliphatic imine (C=N–C) groups is 1. The molecule has 2 aliphatic heterocycles. The second kappa shape index (κ2) is 8.32. The van der Waals surface area contributed by atoms with Crippen LogP contribution in [0.2, 0.25) is 0 Å². The van der Waals surface area contributed by atoms with Gasteiger partial charge in [0.25, 0.3) is 0 Å². The van der Waals surface area contributed by atoms with Gasteiger partial charge in [-0.3, -0.25) is 19.7 Å². The Balaban J connectivity index is 1.50. The maximum absolute atomic E-state index is 12.9. The molecule has 3 N–H and O–H groups in total. The summed E-state index contributed by atoms with van der Waals surface area (Å²) in [6.45, 7) is 3.15. The Kier molecular flexibility index (Phi) is 5.22. The van der Waals surface area contributed by atoms with Gasteiger partial charge in [-0.1, -0.05) is 36.4 Å². The molecule has 0 saturated carbocycles. The number of pyridine rings is 1.